The summed E-state index contributed by atoms with van der Waals surface area (Å²) in [4.78, 5) is 14.7. The number of carbonyl (C=O) groups is 1. The number of hydrogen-bond acceptors (Lipinski definition) is 5. The number of aromatic nitrogens is 4. The summed E-state index contributed by atoms with van der Waals surface area (Å²) in [6, 6.07) is 8.22. The fourth-order valence-electron chi connectivity index (χ4n) is 4.42. The maximum Gasteiger partial charge on any atom is 0.223 e. The highest BCUT2D eigenvalue weighted by Crippen LogP contribution is 2.41. The third-order valence-corrected chi connectivity index (χ3v) is 6.12. The van der Waals surface area contributed by atoms with Gasteiger partial charge in [-0.05, 0) is 54.3 Å². The van der Waals surface area contributed by atoms with Crippen molar-refractivity contribution in [2.75, 3.05) is 7.11 Å². The minimum atomic E-state index is -0.474. The molecule has 1 aromatic heterocycles. The summed E-state index contributed by atoms with van der Waals surface area (Å²) in [5.74, 6) is 1.80. The molecule has 2 heterocycles. The van der Waals surface area contributed by atoms with E-state index in [0.29, 0.717) is 19.0 Å². The predicted octanol–water partition coefficient (Wildman–Crippen LogP) is 3.22. The van der Waals surface area contributed by atoms with Gasteiger partial charge in [0.1, 0.15) is 11.3 Å². The van der Waals surface area contributed by atoms with Crippen molar-refractivity contribution in [2.24, 2.45) is 0 Å². The van der Waals surface area contributed by atoms with E-state index in [1.165, 1.54) is 19.3 Å². The number of methoxy groups -OCH3 is 1. The molecule has 0 N–H and O–H groups in total. The minimum Gasteiger partial charge on any atom is -0.497 e. The van der Waals surface area contributed by atoms with Crippen LogP contribution < -0.4 is 4.74 Å². The molecule has 7 heteroatoms. The number of nitrogens with zero attached hydrogens (tertiary/aromatic N) is 5. The van der Waals surface area contributed by atoms with Gasteiger partial charge < -0.3 is 9.64 Å². The molecule has 2 aromatic rings. The molecule has 1 amide bonds. The van der Waals surface area contributed by atoms with E-state index in [4.69, 9.17) is 4.74 Å². The smallest absolute Gasteiger partial charge is 0.223 e. The van der Waals surface area contributed by atoms with Gasteiger partial charge in [0.05, 0.1) is 13.2 Å². The average molecular weight is 369 g/mol. The van der Waals surface area contributed by atoms with Crippen LogP contribution in [0.2, 0.25) is 0 Å². The van der Waals surface area contributed by atoms with Crippen molar-refractivity contribution in [3.05, 3.63) is 35.7 Å². The summed E-state index contributed by atoms with van der Waals surface area (Å²) in [5, 5.41) is 12.7. The van der Waals surface area contributed by atoms with Crippen molar-refractivity contribution in [1.82, 2.24) is 25.1 Å². The molecule has 1 atom stereocenters. The Hall–Kier alpha value is -2.44. The molecule has 1 saturated carbocycles. The topological polar surface area (TPSA) is 73.1 Å². The van der Waals surface area contributed by atoms with Crippen LogP contribution in [0.25, 0.3) is 0 Å². The van der Waals surface area contributed by atoms with Crippen LogP contribution in [-0.2, 0) is 16.9 Å². The Kier molecular flexibility index (Phi) is 4.85. The van der Waals surface area contributed by atoms with Gasteiger partial charge in [0, 0.05) is 13.0 Å². The number of carbonyl (C=O) groups excluding carboxylic acids is 1. The van der Waals surface area contributed by atoms with Crippen molar-refractivity contribution >= 4 is 5.91 Å². The van der Waals surface area contributed by atoms with Crippen LogP contribution in [0.3, 0.4) is 0 Å². The number of tetrazole rings is 1. The highest BCUT2D eigenvalue weighted by Gasteiger charge is 2.47. The monoisotopic (exact) mass is 369 g/mol. The molecule has 2 aliphatic rings. The molecule has 1 aliphatic carbocycles. The molecule has 0 radical (unpaired) electrons. The standard InChI is InChI=1S/C20H27N5O2/c1-20(19-21-22-23-25(19)16-6-4-3-5-7-16)13-12-18(26)24(20)14-15-8-10-17(27-2)11-9-15/h8-11,16H,3-7,12-14H2,1-2H3. The van der Waals surface area contributed by atoms with E-state index < -0.39 is 5.54 Å². The lowest BCUT2D eigenvalue weighted by Gasteiger charge is -2.35. The molecule has 4 rings (SSSR count). The second kappa shape index (κ2) is 7.29. The lowest BCUT2D eigenvalue weighted by Crippen LogP contribution is -2.43. The van der Waals surface area contributed by atoms with Crippen molar-refractivity contribution in [3.8, 4) is 5.75 Å². The molecular formula is C20H27N5O2. The molecule has 0 bridgehead atoms. The summed E-state index contributed by atoms with van der Waals surface area (Å²) in [5.41, 5.74) is 0.603. The largest absolute Gasteiger partial charge is 0.497 e. The van der Waals surface area contributed by atoms with Crippen LogP contribution in [-0.4, -0.2) is 38.1 Å². The molecule has 7 nitrogen and oxygen atoms in total. The molecule has 0 spiro atoms. The number of benzene rings is 1. The number of amides is 1. The van der Waals surface area contributed by atoms with Gasteiger partial charge in [-0.15, -0.1) is 5.10 Å². The Morgan fingerprint density at radius 1 is 1.19 bits per heavy atom. The third-order valence-electron chi connectivity index (χ3n) is 6.12. The lowest BCUT2D eigenvalue weighted by molar-refractivity contribution is -0.132. The van der Waals surface area contributed by atoms with Gasteiger partial charge in [0.2, 0.25) is 5.91 Å². The Labute approximate surface area is 159 Å². The minimum absolute atomic E-state index is 0.159. The Morgan fingerprint density at radius 3 is 2.63 bits per heavy atom. The first-order valence-corrected chi connectivity index (χ1v) is 9.83. The molecule has 1 aliphatic heterocycles. The van der Waals surface area contributed by atoms with E-state index in [2.05, 4.69) is 22.4 Å². The summed E-state index contributed by atoms with van der Waals surface area (Å²) >= 11 is 0. The molecule has 1 saturated heterocycles. The molecule has 2 fully saturated rings. The van der Waals surface area contributed by atoms with Crippen molar-refractivity contribution < 1.29 is 9.53 Å². The molecule has 1 aromatic carbocycles. The predicted molar refractivity (Wildman–Crippen MR) is 100 cm³/mol. The second-order valence-electron chi connectivity index (χ2n) is 7.84. The summed E-state index contributed by atoms with van der Waals surface area (Å²) in [6.45, 7) is 2.66. The number of likely N-dealkylation sites (tertiary alicyclic amines) is 1. The maximum atomic E-state index is 12.7. The van der Waals surface area contributed by atoms with E-state index in [0.717, 1.165) is 36.4 Å². The normalized spacial score (nSPS) is 23.8. The van der Waals surface area contributed by atoms with Gasteiger partial charge in [-0.3, -0.25) is 4.79 Å². The van der Waals surface area contributed by atoms with E-state index in [1.54, 1.807) is 7.11 Å². The summed E-state index contributed by atoms with van der Waals surface area (Å²) in [6.07, 6.45) is 7.22. The van der Waals surface area contributed by atoms with Gasteiger partial charge in [-0.2, -0.15) is 0 Å². The Morgan fingerprint density at radius 2 is 1.93 bits per heavy atom. The first-order chi connectivity index (χ1) is 13.1. The highest BCUT2D eigenvalue weighted by atomic mass is 16.5. The average Bonchev–Trinajstić information content (AvgIpc) is 3.31. The molecular weight excluding hydrogens is 342 g/mol. The van der Waals surface area contributed by atoms with Gasteiger partial charge in [-0.1, -0.05) is 31.4 Å². The van der Waals surface area contributed by atoms with E-state index in [-0.39, 0.29) is 5.91 Å². The fourth-order valence-corrected chi connectivity index (χ4v) is 4.42. The van der Waals surface area contributed by atoms with Crippen LogP contribution in [0.4, 0.5) is 0 Å². The second-order valence-corrected chi connectivity index (χ2v) is 7.84. The Bertz CT molecular complexity index is 797. The van der Waals surface area contributed by atoms with E-state index in [1.807, 2.05) is 33.8 Å². The quantitative estimate of drug-likeness (QED) is 0.809. The van der Waals surface area contributed by atoms with Crippen molar-refractivity contribution in [1.29, 1.82) is 0 Å². The van der Waals surface area contributed by atoms with Gasteiger partial charge >= 0.3 is 0 Å². The Balaban J connectivity index is 1.62. The molecule has 27 heavy (non-hydrogen) atoms. The zero-order chi connectivity index (χ0) is 18.9. The van der Waals surface area contributed by atoms with Crippen LogP contribution >= 0.6 is 0 Å². The van der Waals surface area contributed by atoms with Gasteiger partial charge in [0.25, 0.3) is 0 Å². The van der Waals surface area contributed by atoms with E-state index in [9.17, 15) is 4.79 Å². The highest BCUT2D eigenvalue weighted by molar-refractivity contribution is 5.79. The van der Waals surface area contributed by atoms with Crippen LogP contribution in [0.1, 0.15) is 69.3 Å². The van der Waals surface area contributed by atoms with Crippen LogP contribution in [0, 0.1) is 0 Å². The van der Waals surface area contributed by atoms with Crippen LogP contribution in [0.15, 0.2) is 24.3 Å². The van der Waals surface area contributed by atoms with Gasteiger partial charge in [-0.25, -0.2) is 4.68 Å². The first kappa shape index (κ1) is 17.9. The molecule has 144 valence electrons. The van der Waals surface area contributed by atoms with Gasteiger partial charge in [0.15, 0.2) is 5.82 Å². The SMILES string of the molecule is COc1ccc(CN2C(=O)CCC2(C)c2nnnn2C2CCCCC2)cc1. The van der Waals surface area contributed by atoms with Crippen molar-refractivity contribution in [3.63, 3.8) is 0 Å². The number of ether oxygens (including phenoxy) is 1. The molecule has 1 unspecified atom stereocenters. The van der Waals surface area contributed by atoms with Crippen LogP contribution in [0.5, 0.6) is 5.75 Å². The zero-order valence-corrected chi connectivity index (χ0v) is 16.1. The summed E-state index contributed by atoms with van der Waals surface area (Å²) in [7, 11) is 1.65. The lowest BCUT2D eigenvalue weighted by atomic mass is 9.93. The van der Waals surface area contributed by atoms with E-state index >= 15 is 0 Å². The van der Waals surface area contributed by atoms with Crippen molar-refractivity contribution in [2.45, 2.75) is 70.0 Å². The third kappa shape index (κ3) is 3.31. The number of hydrogen-bond donors (Lipinski definition) is 0. The maximum absolute atomic E-state index is 12.7. The summed E-state index contributed by atoms with van der Waals surface area (Å²) < 4.78 is 7.23. The fraction of sp³-hybridized carbons (Fsp3) is 0.600. The first-order valence-electron chi connectivity index (χ1n) is 9.83. The number of rotatable bonds is 5. The zero-order valence-electron chi connectivity index (χ0n) is 16.1.